The molecule has 0 radical (unpaired) electrons. The summed E-state index contributed by atoms with van der Waals surface area (Å²) in [5, 5.41) is 4.83. The van der Waals surface area contributed by atoms with Gasteiger partial charge >= 0.3 is 0 Å². The van der Waals surface area contributed by atoms with Crippen LogP contribution in [0.4, 0.5) is 0 Å². The van der Waals surface area contributed by atoms with Crippen molar-refractivity contribution in [3.63, 3.8) is 0 Å². The molecule has 0 fully saturated rings. The largest absolute Gasteiger partial charge is 0.208 e. The average Bonchev–Trinajstić information content (AvgIpc) is 3.24. The predicted molar refractivity (Wildman–Crippen MR) is 217 cm³/mol. The summed E-state index contributed by atoms with van der Waals surface area (Å²) in [4.78, 5) is 15.3. The molecule has 0 saturated heterocycles. The number of allylic oxidation sites excluding steroid dienone is 8. The highest BCUT2D eigenvalue weighted by Gasteiger charge is 2.17. The monoisotopic (exact) mass is 667 g/mol. The Labute approximate surface area is 305 Å². The second-order valence-corrected chi connectivity index (χ2v) is 12.7. The second kappa shape index (κ2) is 14.7. The number of rotatable bonds is 6. The Bertz CT molecular complexity index is 2560. The van der Waals surface area contributed by atoms with Crippen LogP contribution in [0.25, 0.3) is 72.1 Å². The van der Waals surface area contributed by atoms with Crippen LogP contribution in [0.5, 0.6) is 0 Å². The first-order valence-electron chi connectivity index (χ1n) is 18.0. The molecular formula is C49H37N3. The maximum atomic E-state index is 5.14. The smallest absolute Gasteiger partial charge is 0.172 e. The number of nitrogens with zero attached hydrogens (tertiary/aromatic N) is 3. The van der Waals surface area contributed by atoms with Crippen LogP contribution in [0.15, 0.2) is 186 Å². The lowest BCUT2D eigenvalue weighted by Gasteiger charge is -2.14. The van der Waals surface area contributed by atoms with E-state index in [-0.39, 0.29) is 0 Å². The number of hydrogen-bond acceptors (Lipinski definition) is 3. The normalized spacial score (nSPS) is 13.3. The van der Waals surface area contributed by atoms with Gasteiger partial charge in [0.25, 0.3) is 0 Å². The molecule has 0 bridgehead atoms. The maximum Gasteiger partial charge on any atom is 0.172 e. The van der Waals surface area contributed by atoms with Crippen LogP contribution in [-0.4, -0.2) is 15.0 Å². The zero-order valence-corrected chi connectivity index (χ0v) is 29.3. The first-order valence-corrected chi connectivity index (χ1v) is 18.0. The van der Waals surface area contributed by atoms with E-state index in [4.69, 9.17) is 15.0 Å². The fourth-order valence-corrected chi connectivity index (χ4v) is 6.71. The molecule has 0 N–H and O–H groups in total. The number of aromatic nitrogens is 3. The van der Waals surface area contributed by atoms with E-state index in [1.165, 1.54) is 27.1 Å². The molecule has 0 saturated carbocycles. The van der Waals surface area contributed by atoms with Crippen molar-refractivity contribution >= 4 is 27.1 Å². The highest BCUT2D eigenvalue weighted by Crippen LogP contribution is 2.35. The molecule has 0 unspecified atom stereocenters. The van der Waals surface area contributed by atoms with Gasteiger partial charge < -0.3 is 0 Å². The molecule has 0 aliphatic heterocycles. The van der Waals surface area contributed by atoms with Gasteiger partial charge in [0, 0.05) is 11.1 Å². The Kier molecular flexibility index (Phi) is 9.20. The topological polar surface area (TPSA) is 38.7 Å². The molecular weight excluding hydrogens is 631 g/mol. The standard InChI is InChI=1S/C47H31N3.C2H6/c1-3-12-32(13-4-1)38-20-11-21-41(28-38)46-48-45(35-16-5-2-6-17-35)49-47(50-46)44-30-42(39-24-22-33-14-7-9-18-36(33)26-39)29-43(31-44)40-25-23-34-15-8-10-19-37(34)27-40;1-2/h2-3,5-10,12-20,22-31H,1,4H2;1-2H3. The molecule has 3 heteroatoms. The first-order chi connectivity index (χ1) is 25.7. The minimum absolute atomic E-state index is 0.565. The molecule has 6 aromatic carbocycles. The van der Waals surface area contributed by atoms with Crippen LogP contribution < -0.4 is 0 Å². The summed E-state index contributed by atoms with van der Waals surface area (Å²) >= 11 is 0. The summed E-state index contributed by atoms with van der Waals surface area (Å²) < 4.78 is 0. The lowest BCUT2D eigenvalue weighted by molar-refractivity contribution is 1.02. The fraction of sp³-hybridized carbons (Fsp3) is 0.0816. The summed E-state index contributed by atoms with van der Waals surface area (Å²) in [6, 6.07) is 47.1. The van der Waals surface area contributed by atoms with E-state index in [1.54, 1.807) is 0 Å². The summed E-state index contributed by atoms with van der Waals surface area (Å²) in [5.74, 6) is 1.79. The third kappa shape index (κ3) is 6.75. The van der Waals surface area contributed by atoms with Gasteiger partial charge in [-0.25, -0.2) is 15.0 Å². The molecule has 0 amide bonds. The van der Waals surface area contributed by atoms with Gasteiger partial charge in [0.05, 0.1) is 5.57 Å². The van der Waals surface area contributed by atoms with Crippen molar-refractivity contribution in [2.45, 2.75) is 26.7 Å². The Balaban J connectivity index is 0.00000190. The Morgan fingerprint density at radius 3 is 1.63 bits per heavy atom. The molecule has 248 valence electrons. The van der Waals surface area contributed by atoms with Crippen molar-refractivity contribution < 1.29 is 0 Å². The van der Waals surface area contributed by atoms with Crippen LogP contribution >= 0.6 is 0 Å². The summed E-state index contributed by atoms with van der Waals surface area (Å²) in [6.07, 6.45) is 12.9. The minimum atomic E-state index is 0.565. The summed E-state index contributed by atoms with van der Waals surface area (Å²) in [5.41, 5.74) is 15.9. The maximum absolute atomic E-state index is 5.14. The molecule has 2 aliphatic rings. The molecule has 2 aliphatic carbocycles. The van der Waals surface area contributed by atoms with Gasteiger partial charge in [-0.3, -0.25) is 0 Å². The average molecular weight is 668 g/mol. The van der Waals surface area contributed by atoms with Crippen LogP contribution in [0.1, 0.15) is 32.5 Å². The molecule has 0 atom stereocenters. The van der Waals surface area contributed by atoms with E-state index in [1.807, 2.05) is 50.3 Å². The van der Waals surface area contributed by atoms with Gasteiger partial charge in [0.2, 0.25) is 0 Å². The van der Waals surface area contributed by atoms with E-state index in [0.29, 0.717) is 17.5 Å². The van der Waals surface area contributed by atoms with Crippen molar-refractivity contribution in [1.82, 2.24) is 15.0 Å². The quantitative estimate of drug-likeness (QED) is 0.166. The predicted octanol–water partition coefficient (Wildman–Crippen LogP) is 12.8. The number of hydrogen-bond donors (Lipinski definition) is 0. The first kappa shape index (κ1) is 32.6. The lowest BCUT2D eigenvalue weighted by atomic mass is 9.93. The van der Waals surface area contributed by atoms with Crippen molar-refractivity contribution in [1.29, 1.82) is 0 Å². The highest BCUT2D eigenvalue weighted by molar-refractivity contribution is 5.91. The van der Waals surface area contributed by atoms with E-state index in [2.05, 4.69) is 139 Å². The molecule has 7 aromatic rings. The van der Waals surface area contributed by atoms with Gasteiger partial charge in [-0.05, 0) is 110 Å². The minimum Gasteiger partial charge on any atom is -0.208 e. The van der Waals surface area contributed by atoms with Gasteiger partial charge in [-0.1, -0.05) is 147 Å². The van der Waals surface area contributed by atoms with Gasteiger partial charge in [-0.2, -0.15) is 0 Å². The Morgan fingerprint density at radius 2 is 1.02 bits per heavy atom. The van der Waals surface area contributed by atoms with Gasteiger partial charge in [-0.15, -0.1) is 0 Å². The summed E-state index contributed by atoms with van der Waals surface area (Å²) in [7, 11) is 0. The van der Waals surface area contributed by atoms with E-state index in [9.17, 15) is 0 Å². The van der Waals surface area contributed by atoms with Crippen LogP contribution in [0, 0.1) is 0 Å². The molecule has 52 heavy (non-hydrogen) atoms. The molecule has 9 rings (SSSR count). The zero-order chi connectivity index (χ0) is 35.3. The molecule has 0 spiro atoms. The Morgan fingerprint density at radius 1 is 0.462 bits per heavy atom. The summed E-state index contributed by atoms with van der Waals surface area (Å²) in [6.45, 7) is 4.00. The number of benzene rings is 6. The van der Waals surface area contributed by atoms with E-state index in [0.717, 1.165) is 57.4 Å². The molecule has 1 heterocycles. The Hall–Kier alpha value is -6.63. The van der Waals surface area contributed by atoms with Gasteiger partial charge in [0.1, 0.15) is 0 Å². The van der Waals surface area contributed by atoms with Crippen molar-refractivity contribution in [2.24, 2.45) is 0 Å². The van der Waals surface area contributed by atoms with E-state index >= 15 is 0 Å². The van der Waals surface area contributed by atoms with E-state index < -0.39 is 0 Å². The lowest BCUT2D eigenvalue weighted by Crippen LogP contribution is -2.03. The van der Waals surface area contributed by atoms with Crippen molar-refractivity contribution in [2.75, 3.05) is 0 Å². The third-order valence-electron chi connectivity index (χ3n) is 9.33. The molecule has 3 nitrogen and oxygen atoms in total. The second-order valence-electron chi connectivity index (χ2n) is 12.7. The third-order valence-corrected chi connectivity index (χ3v) is 9.33. The SMILES string of the molecule is C1=C=C(c2nc(-c3ccccc3)nc(-c3cc(-c4ccc5ccccc5c4)cc(-c4ccc5ccccc5c4)c3)n2)C=C(C2=CCCC=C2)C=1.CC. The van der Waals surface area contributed by atoms with Crippen LogP contribution in [-0.2, 0) is 0 Å². The number of fused-ring (bicyclic) bond motifs is 2. The molecule has 1 aromatic heterocycles. The highest BCUT2D eigenvalue weighted by atomic mass is 15.0. The fourth-order valence-electron chi connectivity index (χ4n) is 6.71. The van der Waals surface area contributed by atoms with Crippen molar-refractivity contribution in [3.05, 3.63) is 192 Å². The van der Waals surface area contributed by atoms with Gasteiger partial charge in [0.15, 0.2) is 17.5 Å². The van der Waals surface area contributed by atoms with Crippen LogP contribution in [0.3, 0.4) is 0 Å². The van der Waals surface area contributed by atoms with Crippen LogP contribution in [0.2, 0.25) is 0 Å². The zero-order valence-electron chi connectivity index (χ0n) is 29.3. The van der Waals surface area contributed by atoms with Crippen molar-refractivity contribution in [3.8, 4) is 45.0 Å².